The van der Waals surface area contributed by atoms with Crippen LogP contribution in [-0.4, -0.2) is 74.1 Å². The van der Waals surface area contributed by atoms with E-state index in [1.165, 1.54) is 22.9 Å². The van der Waals surface area contributed by atoms with E-state index in [1.807, 2.05) is 0 Å². The number of rotatable bonds is 6. The van der Waals surface area contributed by atoms with Crippen LogP contribution in [0.25, 0.3) is 22.2 Å². The van der Waals surface area contributed by atoms with Crippen molar-refractivity contribution in [3.8, 4) is 16.9 Å². The molecule has 12 nitrogen and oxygen atoms in total. The fourth-order valence-electron chi connectivity index (χ4n) is 5.09. The van der Waals surface area contributed by atoms with E-state index in [2.05, 4.69) is 44.0 Å². The van der Waals surface area contributed by atoms with E-state index < -0.39 is 23.1 Å². The predicted octanol–water partition coefficient (Wildman–Crippen LogP) is 2.99. The van der Waals surface area contributed by atoms with Crippen LogP contribution in [0.2, 0.25) is 10.0 Å². The number of carbonyl (C=O) groups is 2. The first-order valence-corrected chi connectivity index (χ1v) is 13.5. The summed E-state index contributed by atoms with van der Waals surface area (Å²) in [7, 11) is 2.07. The average Bonchev–Trinajstić information content (AvgIpc) is 3.25. The molecule has 4 heterocycles. The lowest BCUT2D eigenvalue weighted by molar-refractivity contribution is -0.116. The lowest BCUT2D eigenvalue weighted by Gasteiger charge is -2.39. The number of nitrogens with zero attached hydrogens (tertiary/aromatic N) is 5. The van der Waals surface area contributed by atoms with E-state index in [-0.39, 0.29) is 39.2 Å². The van der Waals surface area contributed by atoms with Gasteiger partial charge in [-0.3, -0.25) is 14.4 Å². The Morgan fingerprint density at radius 3 is 2.68 bits per heavy atom. The smallest absolute Gasteiger partial charge is 0.261 e. The molecule has 1 aromatic carbocycles. The highest BCUT2D eigenvalue weighted by Gasteiger charge is 2.24. The van der Waals surface area contributed by atoms with Gasteiger partial charge in [-0.1, -0.05) is 23.2 Å². The highest BCUT2D eigenvalue weighted by atomic mass is 35.5. The molecule has 3 aromatic heterocycles. The number of nitrogens with two attached hydrogens (primary N) is 1. The number of phenols is 1. The zero-order valence-electron chi connectivity index (χ0n) is 22.5. The van der Waals surface area contributed by atoms with E-state index in [9.17, 15) is 19.5 Å². The van der Waals surface area contributed by atoms with Crippen molar-refractivity contribution in [2.24, 2.45) is 5.73 Å². The highest BCUT2D eigenvalue weighted by Crippen LogP contribution is 2.36. The van der Waals surface area contributed by atoms with Crippen LogP contribution in [0.15, 0.2) is 35.4 Å². The van der Waals surface area contributed by atoms with Gasteiger partial charge in [-0.15, -0.1) is 0 Å². The van der Waals surface area contributed by atoms with Gasteiger partial charge >= 0.3 is 0 Å². The number of piperazine rings is 1. The van der Waals surface area contributed by atoms with Crippen molar-refractivity contribution < 1.29 is 14.7 Å². The number of hydrogen-bond acceptors (Lipinski definition) is 8. The van der Waals surface area contributed by atoms with E-state index in [0.29, 0.717) is 28.5 Å². The second kappa shape index (κ2) is 11.0. The summed E-state index contributed by atoms with van der Waals surface area (Å²) in [5.74, 6) is -0.721. The Bertz CT molecular complexity index is 1750. The largest absolute Gasteiger partial charge is 0.506 e. The number of benzene rings is 1. The number of aryl methyl sites for hydroxylation is 1. The van der Waals surface area contributed by atoms with Crippen LogP contribution < -0.4 is 21.5 Å². The second-order valence-corrected chi connectivity index (χ2v) is 10.9. The first-order valence-electron chi connectivity index (χ1n) is 12.8. The molecule has 5 rings (SSSR count). The number of aromatic hydroxyl groups is 1. The van der Waals surface area contributed by atoms with Gasteiger partial charge < -0.3 is 35.5 Å². The number of likely N-dealkylation sites (N-methyl/N-ethyl adjacent to an activating group) is 1. The molecule has 0 aliphatic carbocycles. The highest BCUT2D eigenvalue weighted by molar-refractivity contribution is 6.34. The lowest BCUT2D eigenvalue weighted by Crippen LogP contribution is -2.50. The molecule has 4 aromatic rings. The third-order valence-electron chi connectivity index (χ3n) is 7.04. The van der Waals surface area contributed by atoms with Gasteiger partial charge in [-0.05, 0) is 38.6 Å². The summed E-state index contributed by atoms with van der Waals surface area (Å²) >= 11 is 12.5. The molecule has 1 fully saturated rings. The van der Waals surface area contributed by atoms with Crippen LogP contribution in [0.1, 0.15) is 23.1 Å². The number of primary amides is 1. The third kappa shape index (κ3) is 5.58. The number of aromatic nitrogens is 4. The number of aromatic amines is 1. The van der Waals surface area contributed by atoms with Crippen molar-refractivity contribution in [2.45, 2.75) is 26.4 Å². The predicted molar refractivity (Wildman–Crippen MR) is 158 cm³/mol. The first-order chi connectivity index (χ1) is 19.4. The number of pyridine rings is 1. The number of H-pyrrole nitrogens is 1. The molecule has 1 aliphatic rings. The van der Waals surface area contributed by atoms with E-state index in [4.69, 9.17) is 28.9 Å². The molecule has 14 heteroatoms. The number of hydrogen-bond donors (Lipinski definition) is 4. The number of amides is 2. The Labute approximate surface area is 244 Å². The molecule has 41 heavy (non-hydrogen) atoms. The Hall–Kier alpha value is -4.13. The minimum atomic E-state index is -0.892. The summed E-state index contributed by atoms with van der Waals surface area (Å²) in [4.78, 5) is 54.2. The summed E-state index contributed by atoms with van der Waals surface area (Å²) in [6.45, 7) is 6.09. The zero-order valence-corrected chi connectivity index (χ0v) is 24.0. The van der Waals surface area contributed by atoms with Crippen LogP contribution in [-0.2, 0) is 11.3 Å². The van der Waals surface area contributed by atoms with Gasteiger partial charge in [0.1, 0.15) is 29.6 Å². The Kier molecular flexibility index (Phi) is 7.64. The topological polar surface area (TPSA) is 162 Å². The minimum absolute atomic E-state index is 0.121. The van der Waals surface area contributed by atoms with E-state index >= 15 is 0 Å². The number of fused-ring (bicyclic) bond motifs is 1. The average molecular weight is 599 g/mol. The Morgan fingerprint density at radius 1 is 1.22 bits per heavy atom. The van der Waals surface area contributed by atoms with Crippen molar-refractivity contribution in [2.75, 3.05) is 36.9 Å². The number of nitrogens with one attached hydrogen (secondary N) is 2. The van der Waals surface area contributed by atoms with Crippen molar-refractivity contribution in [3.05, 3.63) is 62.4 Å². The molecule has 0 radical (unpaired) electrons. The van der Waals surface area contributed by atoms with Crippen LogP contribution in [0.4, 0.5) is 11.5 Å². The maximum Gasteiger partial charge on any atom is 0.261 e. The number of halogens is 2. The van der Waals surface area contributed by atoms with E-state index in [0.717, 1.165) is 19.6 Å². The molecule has 0 unspecified atom stereocenters. The van der Waals surface area contributed by atoms with Crippen molar-refractivity contribution in [1.82, 2.24) is 24.4 Å². The maximum atomic E-state index is 13.3. The van der Waals surface area contributed by atoms with Crippen molar-refractivity contribution >= 4 is 57.6 Å². The molecule has 214 valence electrons. The summed E-state index contributed by atoms with van der Waals surface area (Å²) in [6.07, 6.45) is 3.07. The van der Waals surface area contributed by atoms with Gasteiger partial charge in [-0.2, -0.15) is 0 Å². The lowest BCUT2D eigenvalue weighted by atomic mass is 10.0. The van der Waals surface area contributed by atoms with Crippen LogP contribution in [0.3, 0.4) is 0 Å². The summed E-state index contributed by atoms with van der Waals surface area (Å²) < 4.78 is 1.52. The second-order valence-electron chi connectivity index (χ2n) is 10.1. The minimum Gasteiger partial charge on any atom is -0.506 e. The molecule has 0 bridgehead atoms. The molecule has 2 amide bonds. The SMILES string of the molecule is Cc1nc2c(c(-c3cc(Cl)c(O)c(C(N)=O)c3)cn2CC(=O)Nc2cc(N3CCN(C)C[C@@H]3C)ncc2Cl)c(=O)[nH]1. The zero-order chi connectivity index (χ0) is 29.6. The van der Waals surface area contributed by atoms with Gasteiger partial charge in [0.2, 0.25) is 5.91 Å². The summed E-state index contributed by atoms with van der Waals surface area (Å²) in [5.41, 5.74) is 6.08. The first kappa shape index (κ1) is 28.4. The van der Waals surface area contributed by atoms with Crippen molar-refractivity contribution in [1.29, 1.82) is 0 Å². The molecule has 1 saturated heterocycles. The van der Waals surface area contributed by atoms with Gasteiger partial charge in [0.15, 0.2) is 0 Å². The Morgan fingerprint density at radius 2 is 1.98 bits per heavy atom. The van der Waals surface area contributed by atoms with Gasteiger partial charge in [-0.25, -0.2) is 9.97 Å². The normalized spacial score (nSPS) is 15.8. The maximum absolute atomic E-state index is 13.3. The summed E-state index contributed by atoms with van der Waals surface area (Å²) in [6, 6.07) is 4.71. The van der Waals surface area contributed by atoms with Gasteiger partial charge in [0.05, 0.1) is 32.9 Å². The standard InChI is InChI=1S/C27H28Cl2N8O4/c1-13-10-35(3)4-5-37(13)21-8-20(19(29)9-31-21)34-22(38)12-36-11-17(23-26(36)32-14(2)33-27(23)41)15-6-16(25(30)40)24(39)18(28)7-15/h6-9,11,13,39H,4-5,10,12H2,1-3H3,(H2,30,40)(H,31,34,38)(H,32,33,41)/t13-/m0/s1. The molecular weight excluding hydrogens is 571 g/mol. The molecule has 0 saturated carbocycles. The summed E-state index contributed by atoms with van der Waals surface area (Å²) in [5, 5.41) is 13.4. The number of carbonyl (C=O) groups excluding carboxylic acids is 2. The van der Waals surface area contributed by atoms with Crippen LogP contribution in [0.5, 0.6) is 5.75 Å². The number of anilines is 2. The van der Waals surface area contributed by atoms with Gasteiger partial charge in [0, 0.05) is 43.5 Å². The fourth-order valence-corrected chi connectivity index (χ4v) is 5.46. The molecule has 5 N–H and O–H groups in total. The molecule has 1 aliphatic heterocycles. The van der Waals surface area contributed by atoms with Crippen molar-refractivity contribution in [3.63, 3.8) is 0 Å². The van der Waals surface area contributed by atoms with Crippen LogP contribution in [0, 0.1) is 6.92 Å². The monoisotopic (exact) mass is 598 g/mol. The quantitative estimate of drug-likeness (QED) is 0.263. The van der Waals surface area contributed by atoms with Gasteiger partial charge in [0.25, 0.3) is 11.5 Å². The molecule has 0 spiro atoms. The third-order valence-corrected chi connectivity index (χ3v) is 7.63. The molecular formula is C27H28Cl2N8O4. The molecule has 1 atom stereocenters. The van der Waals surface area contributed by atoms with Crippen LogP contribution >= 0.6 is 23.2 Å². The fraction of sp³-hybridized carbons (Fsp3) is 0.296. The Balaban J connectivity index is 1.49. The van der Waals surface area contributed by atoms with E-state index in [1.54, 1.807) is 19.2 Å².